The number of nitrogens with zero attached hydrogens (tertiary/aromatic N) is 4. The molecular weight excluding hydrogens is 536 g/mol. The first-order chi connectivity index (χ1) is 19.3. The molecule has 0 atom stereocenters. The number of rotatable bonds is 7. The highest BCUT2D eigenvalue weighted by atomic mass is 35.5. The molecule has 0 saturated heterocycles. The molecule has 40 heavy (non-hydrogen) atoms. The van der Waals surface area contributed by atoms with Gasteiger partial charge in [0.1, 0.15) is 6.61 Å². The zero-order valence-electron chi connectivity index (χ0n) is 21.7. The van der Waals surface area contributed by atoms with E-state index in [-0.39, 0.29) is 36.7 Å². The molecule has 0 saturated carbocycles. The van der Waals surface area contributed by atoms with Gasteiger partial charge in [-0.2, -0.15) is 0 Å². The largest absolute Gasteiger partial charge is 0.459 e. The van der Waals surface area contributed by atoms with E-state index in [9.17, 15) is 13.6 Å². The molecule has 1 aliphatic heterocycles. The van der Waals surface area contributed by atoms with Crippen molar-refractivity contribution in [2.75, 3.05) is 11.4 Å². The van der Waals surface area contributed by atoms with Crippen molar-refractivity contribution in [2.45, 2.75) is 38.8 Å². The van der Waals surface area contributed by atoms with E-state index in [0.29, 0.717) is 51.9 Å². The number of nitrogens with one attached hydrogen (secondary N) is 1. The van der Waals surface area contributed by atoms with E-state index in [2.05, 4.69) is 9.97 Å². The van der Waals surface area contributed by atoms with Crippen LogP contribution in [-0.2, 0) is 25.5 Å². The van der Waals surface area contributed by atoms with Crippen molar-refractivity contribution in [3.63, 3.8) is 0 Å². The molecule has 5 aromatic rings. The van der Waals surface area contributed by atoms with Crippen LogP contribution in [-0.4, -0.2) is 26.1 Å². The molecule has 6 rings (SSSR count). The number of para-hydroxylation sites is 1. The first kappa shape index (κ1) is 26.0. The minimum absolute atomic E-state index is 0.0547. The van der Waals surface area contributed by atoms with Gasteiger partial charge in [0, 0.05) is 35.5 Å². The topological polar surface area (TPSA) is 76.0 Å². The van der Waals surface area contributed by atoms with Crippen molar-refractivity contribution < 1.29 is 13.5 Å². The molecule has 0 bridgehead atoms. The highest BCUT2D eigenvalue weighted by molar-refractivity contribution is 6.31. The van der Waals surface area contributed by atoms with Gasteiger partial charge in [-0.05, 0) is 30.3 Å². The molecule has 1 N–H and O–H groups in total. The number of anilines is 1. The van der Waals surface area contributed by atoms with Gasteiger partial charge in [0.25, 0.3) is 11.5 Å². The van der Waals surface area contributed by atoms with Crippen molar-refractivity contribution >= 4 is 28.6 Å². The zero-order chi connectivity index (χ0) is 27.9. The van der Waals surface area contributed by atoms with E-state index in [1.165, 1.54) is 23.6 Å². The Morgan fingerprint density at radius 2 is 1.82 bits per heavy atom. The Kier molecular flexibility index (Phi) is 6.75. The SMILES string of the molecule is CCC(F)(F)c1ccc2nc(N3CCc4nc(OCc5ccccc5Cl)n(-c5ccccc5)c(=O)c4C3)[nH]c2c1. The summed E-state index contributed by atoms with van der Waals surface area (Å²) in [5, 5.41) is 0.570. The van der Waals surface area contributed by atoms with E-state index in [4.69, 9.17) is 21.3 Å². The quantitative estimate of drug-likeness (QED) is 0.249. The summed E-state index contributed by atoms with van der Waals surface area (Å²) in [5.41, 5.74) is 3.41. The number of hydrogen-bond acceptors (Lipinski definition) is 5. The van der Waals surface area contributed by atoms with Gasteiger partial charge in [0.2, 0.25) is 5.95 Å². The molecule has 7 nitrogen and oxygen atoms in total. The second kappa shape index (κ2) is 10.4. The van der Waals surface area contributed by atoms with E-state index < -0.39 is 5.92 Å². The molecule has 0 radical (unpaired) electrons. The summed E-state index contributed by atoms with van der Waals surface area (Å²) in [7, 11) is 0. The Hall–Kier alpha value is -4.24. The fourth-order valence-electron chi connectivity index (χ4n) is 4.87. The Bertz CT molecular complexity index is 1750. The molecule has 3 heterocycles. The highest BCUT2D eigenvalue weighted by Gasteiger charge is 2.30. The molecule has 0 spiro atoms. The van der Waals surface area contributed by atoms with E-state index in [0.717, 1.165) is 5.56 Å². The molecule has 2 aromatic heterocycles. The van der Waals surface area contributed by atoms with Crippen LogP contribution in [0, 0.1) is 0 Å². The lowest BCUT2D eigenvalue weighted by Crippen LogP contribution is -2.38. The number of benzene rings is 3. The second-order valence-electron chi connectivity index (χ2n) is 9.70. The fourth-order valence-corrected chi connectivity index (χ4v) is 5.06. The molecule has 3 aromatic carbocycles. The molecule has 0 aliphatic carbocycles. The van der Waals surface area contributed by atoms with Crippen LogP contribution >= 0.6 is 11.6 Å². The third kappa shape index (κ3) is 4.81. The fraction of sp³-hybridized carbons (Fsp3) is 0.233. The molecular formula is C30H26ClF2N5O2. The van der Waals surface area contributed by atoms with Gasteiger partial charge in [-0.1, -0.05) is 61.0 Å². The summed E-state index contributed by atoms with van der Waals surface area (Å²) in [6.45, 7) is 2.41. The number of H-pyrrole nitrogens is 1. The van der Waals surface area contributed by atoms with Crippen LogP contribution in [0.3, 0.4) is 0 Å². The van der Waals surface area contributed by atoms with Crippen molar-refractivity contribution in [3.8, 4) is 11.7 Å². The summed E-state index contributed by atoms with van der Waals surface area (Å²) < 4.78 is 36.1. The second-order valence-corrected chi connectivity index (χ2v) is 10.1. The maximum atomic E-state index is 14.3. The van der Waals surface area contributed by atoms with Gasteiger partial charge in [-0.25, -0.2) is 23.3 Å². The van der Waals surface area contributed by atoms with Crippen molar-refractivity contribution in [2.24, 2.45) is 0 Å². The van der Waals surface area contributed by atoms with Crippen molar-refractivity contribution in [1.82, 2.24) is 19.5 Å². The summed E-state index contributed by atoms with van der Waals surface area (Å²) >= 11 is 6.32. The first-order valence-electron chi connectivity index (χ1n) is 13.0. The monoisotopic (exact) mass is 561 g/mol. The van der Waals surface area contributed by atoms with E-state index >= 15 is 0 Å². The summed E-state index contributed by atoms with van der Waals surface area (Å²) in [6, 6.07) is 21.2. The van der Waals surface area contributed by atoms with Crippen LogP contribution in [0.1, 0.15) is 35.7 Å². The van der Waals surface area contributed by atoms with Crippen molar-refractivity contribution in [1.29, 1.82) is 0 Å². The smallest absolute Gasteiger partial charge is 0.304 e. The Labute approximate surface area is 234 Å². The van der Waals surface area contributed by atoms with Gasteiger partial charge in [-0.15, -0.1) is 0 Å². The normalized spacial score (nSPS) is 13.4. The molecule has 0 amide bonds. The minimum Gasteiger partial charge on any atom is -0.459 e. The number of hydrogen-bond donors (Lipinski definition) is 1. The molecule has 0 unspecified atom stereocenters. The van der Waals surface area contributed by atoms with Crippen molar-refractivity contribution in [3.05, 3.63) is 111 Å². The molecule has 0 fully saturated rings. The number of ether oxygens (including phenoxy) is 1. The lowest BCUT2D eigenvalue weighted by Gasteiger charge is -2.28. The van der Waals surface area contributed by atoms with Gasteiger partial charge in [0.15, 0.2) is 0 Å². The lowest BCUT2D eigenvalue weighted by atomic mass is 10.1. The zero-order valence-corrected chi connectivity index (χ0v) is 22.5. The van der Waals surface area contributed by atoms with Crippen LogP contribution in [0.5, 0.6) is 6.01 Å². The van der Waals surface area contributed by atoms with Crippen LogP contribution in [0.4, 0.5) is 14.7 Å². The maximum Gasteiger partial charge on any atom is 0.304 e. The lowest BCUT2D eigenvalue weighted by molar-refractivity contribution is -0.00816. The Morgan fingerprint density at radius 3 is 2.60 bits per heavy atom. The third-order valence-corrected chi connectivity index (χ3v) is 7.53. The molecule has 1 aliphatic rings. The molecule has 204 valence electrons. The number of halogens is 3. The van der Waals surface area contributed by atoms with Crippen LogP contribution in [0.2, 0.25) is 5.02 Å². The van der Waals surface area contributed by atoms with Crippen LogP contribution < -0.4 is 15.2 Å². The van der Waals surface area contributed by atoms with Gasteiger partial charge in [0.05, 0.1) is 34.5 Å². The summed E-state index contributed by atoms with van der Waals surface area (Å²) in [6.07, 6.45) is 0.200. The third-order valence-electron chi connectivity index (χ3n) is 7.16. The number of aromatic amines is 1. The average molecular weight is 562 g/mol. The van der Waals surface area contributed by atoms with Gasteiger partial charge >= 0.3 is 6.01 Å². The maximum absolute atomic E-state index is 14.3. The number of aromatic nitrogens is 4. The number of alkyl halides is 2. The van der Waals surface area contributed by atoms with Gasteiger partial charge in [-0.3, -0.25) is 4.79 Å². The summed E-state index contributed by atoms with van der Waals surface area (Å²) in [5.74, 6) is -2.40. The van der Waals surface area contributed by atoms with E-state index in [1.807, 2.05) is 53.4 Å². The molecule has 10 heteroatoms. The van der Waals surface area contributed by atoms with Gasteiger partial charge < -0.3 is 14.6 Å². The minimum atomic E-state index is -2.91. The Morgan fingerprint density at radius 1 is 1.05 bits per heavy atom. The standard InChI is InChI=1S/C30H26ClF2N5O2/c1-2-30(32,33)20-12-13-25-26(16-20)35-28(34-25)37-15-14-24-22(17-37)27(39)38(21-9-4-3-5-10-21)29(36-24)40-18-19-8-6-7-11-23(19)31/h3-13,16H,2,14-15,17-18H2,1H3,(H,34,35). The number of imidazole rings is 1. The predicted molar refractivity (Wildman–Crippen MR) is 151 cm³/mol. The van der Waals surface area contributed by atoms with Crippen LogP contribution in [0.15, 0.2) is 77.6 Å². The average Bonchev–Trinajstić information content (AvgIpc) is 3.41. The Balaban J connectivity index is 1.35. The number of fused-ring (bicyclic) bond motifs is 2. The first-order valence-corrected chi connectivity index (χ1v) is 13.4. The van der Waals surface area contributed by atoms with Crippen LogP contribution in [0.25, 0.3) is 16.7 Å². The summed E-state index contributed by atoms with van der Waals surface area (Å²) in [4.78, 5) is 28.4. The predicted octanol–water partition coefficient (Wildman–Crippen LogP) is 6.41. The van der Waals surface area contributed by atoms with E-state index in [1.54, 1.807) is 12.1 Å². The highest BCUT2D eigenvalue weighted by Crippen LogP contribution is 2.33.